The van der Waals surface area contributed by atoms with E-state index in [1.807, 2.05) is 0 Å². The lowest BCUT2D eigenvalue weighted by Gasteiger charge is -2.14. The first-order valence-electron chi connectivity index (χ1n) is 6.97. The highest BCUT2D eigenvalue weighted by atomic mass is 35.5. The van der Waals surface area contributed by atoms with Crippen LogP contribution in [-0.2, 0) is 14.6 Å². The Morgan fingerprint density at radius 2 is 2.14 bits per heavy atom. The molecule has 1 saturated carbocycles. The van der Waals surface area contributed by atoms with E-state index in [1.54, 1.807) is 7.05 Å². The molecule has 1 aliphatic rings. The molecular formula is C14H18ClFN2O3S. The zero-order chi connectivity index (χ0) is 16.3. The Morgan fingerprint density at radius 1 is 1.41 bits per heavy atom. The SMILES string of the molecule is CNCNC(=O)[C@@H]1CC[C@@H](S(=O)(=O)c2ccc(F)cc2Cl)C1. The van der Waals surface area contributed by atoms with Crippen LogP contribution >= 0.6 is 11.6 Å². The Bertz CT molecular complexity index is 666. The summed E-state index contributed by atoms with van der Waals surface area (Å²) in [5, 5.41) is 4.70. The number of nitrogens with one attached hydrogen (secondary N) is 2. The fraction of sp³-hybridized carbons (Fsp3) is 0.500. The maximum atomic E-state index is 13.1. The van der Waals surface area contributed by atoms with Crippen molar-refractivity contribution in [3.63, 3.8) is 0 Å². The predicted molar refractivity (Wildman–Crippen MR) is 81.8 cm³/mol. The molecule has 22 heavy (non-hydrogen) atoms. The number of amides is 1. The molecule has 1 amide bonds. The van der Waals surface area contributed by atoms with E-state index in [-0.39, 0.29) is 28.2 Å². The van der Waals surface area contributed by atoms with Gasteiger partial charge < -0.3 is 10.6 Å². The van der Waals surface area contributed by atoms with Crippen molar-refractivity contribution in [1.29, 1.82) is 0 Å². The molecular weight excluding hydrogens is 331 g/mol. The first-order valence-corrected chi connectivity index (χ1v) is 8.90. The summed E-state index contributed by atoms with van der Waals surface area (Å²) in [5.74, 6) is -1.07. The van der Waals surface area contributed by atoms with Gasteiger partial charge in [0.05, 0.1) is 21.8 Å². The Kier molecular flexibility index (Phi) is 5.41. The van der Waals surface area contributed by atoms with E-state index in [2.05, 4.69) is 10.6 Å². The molecule has 1 aromatic carbocycles. The Labute approximate surface area is 134 Å². The summed E-state index contributed by atoms with van der Waals surface area (Å²) >= 11 is 5.85. The van der Waals surface area contributed by atoms with Gasteiger partial charge in [-0.15, -0.1) is 0 Å². The van der Waals surface area contributed by atoms with E-state index >= 15 is 0 Å². The molecule has 0 radical (unpaired) electrons. The van der Waals surface area contributed by atoms with Crippen LogP contribution in [0.2, 0.25) is 5.02 Å². The third kappa shape index (κ3) is 3.59. The summed E-state index contributed by atoms with van der Waals surface area (Å²) in [6, 6.07) is 3.24. The quantitative estimate of drug-likeness (QED) is 0.627. The third-order valence-corrected chi connectivity index (χ3v) is 6.53. The molecule has 0 spiro atoms. The molecule has 0 aliphatic heterocycles. The summed E-state index contributed by atoms with van der Waals surface area (Å²) in [7, 11) is -1.96. The average molecular weight is 349 g/mol. The summed E-state index contributed by atoms with van der Waals surface area (Å²) in [6.07, 6.45) is 1.16. The molecule has 2 N–H and O–H groups in total. The van der Waals surface area contributed by atoms with Crippen LogP contribution in [0.3, 0.4) is 0 Å². The van der Waals surface area contributed by atoms with Crippen LogP contribution in [0.5, 0.6) is 0 Å². The topological polar surface area (TPSA) is 75.3 Å². The monoisotopic (exact) mass is 348 g/mol. The Balaban J connectivity index is 2.13. The number of carbonyl (C=O) groups excluding carboxylic acids is 1. The van der Waals surface area contributed by atoms with E-state index in [1.165, 1.54) is 6.07 Å². The second kappa shape index (κ2) is 6.93. The van der Waals surface area contributed by atoms with Gasteiger partial charge in [-0.2, -0.15) is 0 Å². The van der Waals surface area contributed by atoms with Gasteiger partial charge in [0.25, 0.3) is 0 Å². The van der Waals surface area contributed by atoms with Crippen molar-refractivity contribution >= 4 is 27.3 Å². The molecule has 0 bridgehead atoms. The van der Waals surface area contributed by atoms with Crippen molar-refractivity contribution in [1.82, 2.24) is 10.6 Å². The van der Waals surface area contributed by atoms with E-state index in [0.717, 1.165) is 12.1 Å². The zero-order valence-corrected chi connectivity index (χ0v) is 13.7. The first kappa shape index (κ1) is 17.2. The summed E-state index contributed by atoms with van der Waals surface area (Å²) < 4.78 is 38.3. The maximum Gasteiger partial charge on any atom is 0.224 e. The van der Waals surface area contributed by atoms with Crippen molar-refractivity contribution in [2.45, 2.75) is 29.4 Å². The standard InChI is InChI=1S/C14H18ClFN2O3S/c1-17-8-18-14(19)9-2-4-11(6-9)22(20,21)13-5-3-10(16)7-12(13)15/h3,5,7,9,11,17H,2,4,6,8H2,1H3,(H,18,19)/t9-,11-/m1/s1. The smallest absolute Gasteiger partial charge is 0.224 e. The molecule has 122 valence electrons. The molecule has 1 aromatic rings. The summed E-state index contributed by atoms with van der Waals surface area (Å²) in [6.45, 7) is 0.344. The largest absolute Gasteiger partial charge is 0.343 e. The van der Waals surface area contributed by atoms with Gasteiger partial charge in [-0.25, -0.2) is 12.8 Å². The molecule has 0 aromatic heterocycles. The van der Waals surface area contributed by atoms with Crippen LogP contribution < -0.4 is 10.6 Å². The Hall–Kier alpha value is -1.18. The lowest BCUT2D eigenvalue weighted by molar-refractivity contribution is -0.124. The number of benzene rings is 1. The zero-order valence-electron chi connectivity index (χ0n) is 12.1. The second-order valence-electron chi connectivity index (χ2n) is 5.32. The second-order valence-corrected chi connectivity index (χ2v) is 7.93. The Morgan fingerprint density at radius 3 is 2.77 bits per heavy atom. The van der Waals surface area contributed by atoms with E-state index < -0.39 is 20.9 Å². The fourth-order valence-electron chi connectivity index (χ4n) is 2.67. The molecule has 0 unspecified atom stereocenters. The number of sulfone groups is 1. The number of hydrogen-bond acceptors (Lipinski definition) is 4. The van der Waals surface area contributed by atoms with Crippen LogP contribution in [0.25, 0.3) is 0 Å². The van der Waals surface area contributed by atoms with E-state index in [9.17, 15) is 17.6 Å². The van der Waals surface area contributed by atoms with Gasteiger partial charge in [-0.3, -0.25) is 4.79 Å². The highest BCUT2D eigenvalue weighted by Gasteiger charge is 2.38. The number of carbonyl (C=O) groups is 1. The highest BCUT2D eigenvalue weighted by Crippen LogP contribution is 2.36. The van der Waals surface area contributed by atoms with E-state index in [4.69, 9.17) is 11.6 Å². The molecule has 2 atom stereocenters. The molecule has 8 heteroatoms. The molecule has 1 aliphatic carbocycles. The minimum absolute atomic E-state index is 0.0724. The molecule has 1 fully saturated rings. The van der Waals surface area contributed by atoms with Gasteiger partial charge >= 0.3 is 0 Å². The minimum Gasteiger partial charge on any atom is -0.343 e. The molecule has 5 nitrogen and oxygen atoms in total. The number of halogens is 2. The van der Waals surface area contributed by atoms with Crippen LogP contribution in [-0.4, -0.2) is 33.3 Å². The van der Waals surface area contributed by atoms with Gasteiger partial charge in [-0.05, 0) is 44.5 Å². The first-order chi connectivity index (χ1) is 10.4. The lowest BCUT2D eigenvalue weighted by Crippen LogP contribution is -2.36. The van der Waals surface area contributed by atoms with Crippen LogP contribution in [0.1, 0.15) is 19.3 Å². The fourth-order valence-corrected chi connectivity index (χ4v) is 5.03. The maximum absolute atomic E-state index is 13.1. The van der Waals surface area contributed by atoms with Crippen LogP contribution in [0.4, 0.5) is 4.39 Å². The average Bonchev–Trinajstić information content (AvgIpc) is 2.95. The van der Waals surface area contributed by atoms with Crippen molar-refractivity contribution in [2.75, 3.05) is 13.7 Å². The van der Waals surface area contributed by atoms with Gasteiger partial charge in [-0.1, -0.05) is 11.6 Å². The van der Waals surface area contributed by atoms with E-state index in [0.29, 0.717) is 19.5 Å². The van der Waals surface area contributed by atoms with Gasteiger partial charge in [0.1, 0.15) is 5.82 Å². The lowest BCUT2D eigenvalue weighted by atomic mass is 10.1. The molecule has 2 rings (SSSR count). The van der Waals surface area contributed by atoms with Gasteiger partial charge in [0.15, 0.2) is 9.84 Å². The predicted octanol–water partition coefficient (Wildman–Crippen LogP) is 1.71. The summed E-state index contributed by atoms with van der Waals surface area (Å²) in [4.78, 5) is 11.8. The van der Waals surface area contributed by atoms with Crippen LogP contribution in [0.15, 0.2) is 23.1 Å². The summed E-state index contributed by atoms with van der Waals surface area (Å²) in [5.41, 5.74) is 0. The normalized spacial score (nSPS) is 21.8. The number of hydrogen-bond donors (Lipinski definition) is 2. The van der Waals surface area contributed by atoms with Crippen molar-refractivity contribution < 1.29 is 17.6 Å². The van der Waals surface area contributed by atoms with Crippen LogP contribution in [0, 0.1) is 11.7 Å². The van der Waals surface area contributed by atoms with Gasteiger partial charge in [0.2, 0.25) is 5.91 Å². The third-order valence-electron chi connectivity index (χ3n) is 3.83. The van der Waals surface area contributed by atoms with Gasteiger partial charge in [0, 0.05) is 5.92 Å². The molecule has 0 saturated heterocycles. The molecule has 0 heterocycles. The minimum atomic E-state index is -3.67. The highest BCUT2D eigenvalue weighted by molar-refractivity contribution is 7.92. The van der Waals surface area contributed by atoms with Crippen molar-refractivity contribution in [3.8, 4) is 0 Å². The van der Waals surface area contributed by atoms with Crippen molar-refractivity contribution in [2.24, 2.45) is 5.92 Å². The van der Waals surface area contributed by atoms with Crippen molar-refractivity contribution in [3.05, 3.63) is 29.0 Å². The number of rotatable bonds is 5.